The molecule has 0 bridgehead atoms. The summed E-state index contributed by atoms with van der Waals surface area (Å²) in [5, 5.41) is 9.19. The first kappa shape index (κ1) is 12.2. The normalized spacial score (nSPS) is 32.9. The maximum atomic E-state index is 9.19. The van der Waals surface area contributed by atoms with Gasteiger partial charge >= 0.3 is 0 Å². The molecule has 0 aromatic heterocycles. The van der Waals surface area contributed by atoms with Crippen molar-refractivity contribution in [2.75, 3.05) is 25.6 Å². The SMILES string of the molecule is CCCC1(C#N)SCC(N(C)C)CS1. The first-order chi connectivity index (χ1) is 6.63. The Morgan fingerprint density at radius 2 is 2.00 bits per heavy atom. The second-order valence-corrected chi connectivity index (χ2v) is 6.75. The second-order valence-electron chi connectivity index (χ2n) is 3.85. The van der Waals surface area contributed by atoms with Crippen LogP contribution >= 0.6 is 23.5 Å². The molecule has 0 radical (unpaired) electrons. The number of thioether (sulfide) groups is 2. The first-order valence-corrected chi connectivity index (χ1v) is 6.96. The maximum Gasteiger partial charge on any atom is 0.148 e. The van der Waals surface area contributed by atoms with E-state index in [0.29, 0.717) is 6.04 Å². The summed E-state index contributed by atoms with van der Waals surface area (Å²) < 4.78 is -0.152. The van der Waals surface area contributed by atoms with Crippen LogP contribution < -0.4 is 0 Å². The highest BCUT2D eigenvalue weighted by Gasteiger charge is 2.36. The van der Waals surface area contributed by atoms with Crippen molar-refractivity contribution >= 4 is 23.5 Å². The minimum atomic E-state index is -0.152. The number of nitriles is 1. The van der Waals surface area contributed by atoms with E-state index in [1.165, 1.54) is 0 Å². The van der Waals surface area contributed by atoms with Crippen LogP contribution in [0.1, 0.15) is 19.8 Å². The predicted octanol–water partition coefficient (Wildman–Crippen LogP) is 2.42. The Balaban J connectivity index is 2.51. The van der Waals surface area contributed by atoms with Gasteiger partial charge in [0.05, 0.1) is 6.07 Å². The van der Waals surface area contributed by atoms with E-state index in [2.05, 4.69) is 32.0 Å². The summed E-state index contributed by atoms with van der Waals surface area (Å²) >= 11 is 3.66. The Bertz CT molecular complexity index is 215. The summed E-state index contributed by atoms with van der Waals surface area (Å²) in [6, 6.07) is 3.11. The topological polar surface area (TPSA) is 27.0 Å². The van der Waals surface area contributed by atoms with Gasteiger partial charge in [0.25, 0.3) is 0 Å². The Morgan fingerprint density at radius 1 is 1.43 bits per heavy atom. The van der Waals surface area contributed by atoms with Gasteiger partial charge in [-0.15, -0.1) is 23.5 Å². The molecule has 0 N–H and O–H groups in total. The van der Waals surface area contributed by atoms with E-state index in [1.54, 1.807) is 0 Å². The molecule has 0 aromatic carbocycles. The summed E-state index contributed by atoms with van der Waals surface area (Å²) in [5.41, 5.74) is 0. The molecule has 2 nitrogen and oxygen atoms in total. The van der Waals surface area contributed by atoms with E-state index in [1.807, 2.05) is 23.5 Å². The van der Waals surface area contributed by atoms with Crippen LogP contribution in [0, 0.1) is 11.3 Å². The summed E-state index contributed by atoms with van der Waals surface area (Å²) in [4.78, 5) is 2.26. The number of nitrogens with zero attached hydrogens (tertiary/aromatic N) is 2. The Morgan fingerprint density at radius 3 is 2.36 bits per heavy atom. The van der Waals surface area contributed by atoms with E-state index in [4.69, 9.17) is 0 Å². The molecule has 0 atom stereocenters. The molecule has 0 aliphatic carbocycles. The molecule has 0 saturated carbocycles. The van der Waals surface area contributed by atoms with Crippen molar-refractivity contribution in [2.45, 2.75) is 29.9 Å². The lowest BCUT2D eigenvalue weighted by atomic mass is 10.2. The molecule has 1 fully saturated rings. The fraction of sp³-hybridized carbons (Fsp3) is 0.900. The summed E-state index contributed by atoms with van der Waals surface area (Å²) in [7, 11) is 4.23. The van der Waals surface area contributed by atoms with Gasteiger partial charge < -0.3 is 4.90 Å². The molecule has 80 valence electrons. The van der Waals surface area contributed by atoms with Gasteiger partial charge in [0, 0.05) is 17.5 Å². The van der Waals surface area contributed by atoms with Crippen molar-refractivity contribution < 1.29 is 0 Å². The zero-order valence-electron chi connectivity index (χ0n) is 9.12. The molecule has 1 aliphatic rings. The van der Waals surface area contributed by atoms with Gasteiger partial charge in [-0.2, -0.15) is 5.26 Å². The van der Waals surface area contributed by atoms with Crippen LogP contribution in [0.4, 0.5) is 0 Å². The van der Waals surface area contributed by atoms with Gasteiger partial charge in [-0.25, -0.2) is 0 Å². The molecule has 14 heavy (non-hydrogen) atoms. The zero-order chi connectivity index (χ0) is 10.6. The van der Waals surface area contributed by atoms with Crippen LogP contribution in [0.2, 0.25) is 0 Å². The summed E-state index contributed by atoms with van der Waals surface area (Å²) in [5.74, 6) is 2.18. The predicted molar refractivity (Wildman–Crippen MR) is 65.6 cm³/mol. The average molecular weight is 230 g/mol. The minimum Gasteiger partial charge on any atom is -0.305 e. The van der Waals surface area contributed by atoms with Crippen molar-refractivity contribution in [1.82, 2.24) is 4.90 Å². The standard InChI is InChI=1S/C10H18N2S2/c1-4-5-10(8-11)13-6-9(7-14-10)12(2)3/h9H,4-7H2,1-3H3. The van der Waals surface area contributed by atoms with Gasteiger partial charge in [0.1, 0.15) is 4.08 Å². The van der Waals surface area contributed by atoms with Gasteiger partial charge in [-0.3, -0.25) is 0 Å². The average Bonchev–Trinajstić information content (AvgIpc) is 2.19. The zero-order valence-corrected chi connectivity index (χ0v) is 10.7. The molecular weight excluding hydrogens is 212 g/mol. The quantitative estimate of drug-likeness (QED) is 0.744. The summed E-state index contributed by atoms with van der Waals surface area (Å²) in [6.07, 6.45) is 2.11. The lowest BCUT2D eigenvalue weighted by Gasteiger charge is -2.36. The van der Waals surface area contributed by atoms with Crippen molar-refractivity contribution in [3.05, 3.63) is 0 Å². The molecule has 0 amide bonds. The molecule has 0 aromatic rings. The van der Waals surface area contributed by atoms with Crippen LogP contribution in [0.15, 0.2) is 0 Å². The highest BCUT2D eigenvalue weighted by Crippen LogP contribution is 2.45. The van der Waals surface area contributed by atoms with Crippen molar-refractivity contribution in [3.8, 4) is 6.07 Å². The largest absolute Gasteiger partial charge is 0.305 e. The fourth-order valence-electron chi connectivity index (χ4n) is 1.44. The highest BCUT2D eigenvalue weighted by molar-refractivity contribution is 8.19. The van der Waals surface area contributed by atoms with E-state index in [9.17, 15) is 5.26 Å². The van der Waals surface area contributed by atoms with Crippen molar-refractivity contribution in [3.63, 3.8) is 0 Å². The second kappa shape index (κ2) is 5.29. The molecule has 1 heterocycles. The van der Waals surface area contributed by atoms with Crippen LogP contribution in [0.5, 0.6) is 0 Å². The smallest absolute Gasteiger partial charge is 0.148 e. The molecule has 0 unspecified atom stereocenters. The van der Waals surface area contributed by atoms with Gasteiger partial charge in [-0.1, -0.05) is 13.3 Å². The third-order valence-corrected chi connectivity index (χ3v) is 5.83. The van der Waals surface area contributed by atoms with Gasteiger partial charge in [0.2, 0.25) is 0 Å². The van der Waals surface area contributed by atoms with Crippen LogP contribution in [-0.4, -0.2) is 40.6 Å². The molecule has 0 spiro atoms. The fourth-order valence-corrected chi connectivity index (χ4v) is 4.92. The molecule has 4 heteroatoms. The van der Waals surface area contributed by atoms with Crippen LogP contribution in [0.25, 0.3) is 0 Å². The lowest BCUT2D eigenvalue weighted by Crippen LogP contribution is -2.39. The molecular formula is C10H18N2S2. The number of hydrogen-bond acceptors (Lipinski definition) is 4. The third kappa shape index (κ3) is 2.82. The molecule has 1 aliphatic heterocycles. The lowest BCUT2D eigenvalue weighted by molar-refractivity contribution is 0.343. The summed E-state index contributed by atoms with van der Waals surface area (Å²) in [6.45, 7) is 2.15. The van der Waals surface area contributed by atoms with Gasteiger partial charge in [-0.05, 0) is 20.5 Å². The number of hydrogen-bond donors (Lipinski definition) is 0. The van der Waals surface area contributed by atoms with Crippen LogP contribution in [0.3, 0.4) is 0 Å². The Labute approximate surface area is 95.4 Å². The van der Waals surface area contributed by atoms with Gasteiger partial charge in [0.15, 0.2) is 0 Å². The van der Waals surface area contributed by atoms with E-state index in [0.717, 1.165) is 24.3 Å². The van der Waals surface area contributed by atoms with Crippen molar-refractivity contribution in [2.24, 2.45) is 0 Å². The highest BCUT2D eigenvalue weighted by atomic mass is 32.2. The molecule has 1 saturated heterocycles. The van der Waals surface area contributed by atoms with Crippen LogP contribution in [-0.2, 0) is 0 Å². The minimum absolute atomic E-state index is 0.152. The van der Waals surface area contributed by atoms with E-state index < -0.39 is 0 Å². The third-order valence-electron chi connectivity index (χ3n) is 2.50. The maximum absolute atomic E-state index is 9.19. The molecule has 1 rings (SSSR count). The first-order valence-electron chi connectivity index (χ1n) is 4.99. The Kier molecular flexibility index (Phi) is 4.62. The van der Waals surface area contributed by atoms with Crippen molar-refractivity contribution in [1.29, 1.82) is 5.26 Å². The number of rotatable bonds is 3. The van der Waals surface area contributed by atoms with E-state index >= 15 is 0 Å². The van der Waals surface area contributed by atoms with E-state index in [-0.39, 0.29) is 4.08 Å². The Hall–Kier alpha value is 0.150. The monoisotopic (exact) mass is 230 g/mol.